The Balaban J connectivity index is 2.25. The van der Waals surface area contributed by atoms with E-state index in [0.717, 1.165) is 15.6 Å². The van der Waals surface area contributed by atoms with E-state index in [-0.39, 0.29) is 6.04 Å². The summed E-state index contributed by atoms with van der Waals surface area (Å²) in [5.41, 5.74) is 8.05. The first-order valence-corrected chi connectivity index (χ1v) is 7.54. The molecule has 1 nitrogen and oxygen atoms in total. The Bertz CT molecular complexity index is 601. The minimum absolute atomic E-state index is 0.219. The monoisotopic (exact) mass is 377 g/mol. The van der Waals surface area contributed by atoms with Crippen molar-refractivity contribution in [3.8, 4) is 0 Å². The second-order valence-corrected chi connectivity index (χ2v) is 6.38. The Morgan fingerprint density at radius 3 is 2.42 bits per heavy atom. The normalized spacial score (nSPS) is 12.5. The highest BCUT2D eigenvalue weighted by atomic mass is 79.9. The lowest BCUT2D eigenvalue weighted by molar-refractivity contribution is 0.722. The van der Waals surface area contributed by atoms with Gasteiger partial charge in [0.2, 0.25) is 0 Å². The van der Waals surface area contributed by atoms with Gasteiger partial charge in [-0.15, -0.1) is 0 Å². The highest BCUT2D eigenvalue weighted by molar-refractivity contribution is 9.10. The van der Waals surface area contributed by atoms with E-state index in [4.69, 9.17) is 40.5 Å². The number of nitrogens with two attached hydrogens (primary N) is 1. The van der Waals surface area contributed by atoms with Crippen LogP contribution in [-0.4, -0.2) is 0 Å². The quantitative estimate of drug-likeness (QED) is 0.732. The van der Waals surface area contributed by atoms with Gasteiger partial charge in [-0.25, -0.2) is 0 Å². The smallest absolute Gasteiger partial charge is 0.0454 e. The minimum atomic E-state index is -0.219. The lowest BCUT2D eigenvalue weighted by Crippen LogP contribution is -2.14. The first kappa shape index (κ1) is 15.1. The van der Waals surface area contributed by atoms with Gasteiger partial charge in [-0.2, -0.15) is 0 Å². The number of hydrogen-bond acceptors (Lipinski definition) is 1. The van der Waals surface area contributed by atoms with Crippen LogP contribution in [0, 0.1) is 0 Å². The summed E-state index contributed by atoms with van der Waals surface area (Å²) in [6.45, 7) is 0. The van der Waals surface area contributed by atoms with E-state index in [0.29, 0.717) is 21.5 Å². The SMILES string of the molecule is NC(Cc1ccc(Cl)cc1Cl)c1cc(Br)ccc1Cl. The number of benzene rings is 2. The molecule has 2 aromatic rings. The van der Waals surface area contributed by atoms with Crippen LogP contribution in [0.4, 0.5) is 0 Å². The van der Waals surface area contributed by atoms with Crippen LogP contribution in [0.2, 0.25) is 15.1 Å². The fraction of sp³-hybridized carbons (Fsp3) is 0.143. The summed E-state index contributed by atoms with van der Waals surface area (Å²) in [6.07, 6.45) is 0.603. The minimum Gasteiger partial charge on any atom is -0.324 e. The third kappa shape index (κ3) is 3.87. The lowest BCUT2D eigenvalue weighted by Gasteiger charge is -2.15. The van der Waals surface area contributed by atoms with Crippen molar-refractivity contribution in [2.24, 2.45) is 5.73 Å². The van der Waals surface area contributed by atoms with Gasteiger partial charge in [0.1, 0.15) is 0 Å². The standard InChI is InChI=1S/C14H11BrCl3N/c15-9-2-4-12(17)11(6-9)14(19)5-8-1-3-10(16)7-13(8)18/h1-4,6-7,14H,5,19H2. The van der Waals surface area contributed by atoms with E-state index >= 15 is 0 Å². The maximum absolute atomic E-state index is 6.21. The van der Waals surface area contributed by atoms with Crippen molar-refractivity contribution in [3.63, 3.8) is 0 Å². The van der Waals surface area contributed by atoms with Gasteiger partial charge in [0.15, 0.2) is 0 Å². The third-order valence-electron chi connectivity index (χ3n) is 2.81. The summed E-state index contributed by atoms with van der Waals surface area (Å²) in [6, 6.07) is 10.8. The fourth-order valence-electron chi connectivity index (χ4n) is 1.83. The molecule has 0 heterocycles. The van der Waals surface area contributed by atoms with Crippen molar-refractivity contribution in [2.45, 2.75) is 12.5 Å². The Morgan fingerprint density at radius 2 is 1.74 bits per heavy atom. The van der Waals surface area contributed by atoms with Crippen LogP contribution in [0.3, 0.4) is 0 Å². The zero-order chi connectivity index (χ0) is 14.0. The average Bonchev–Trinajstić information content (AvgIpc) is 2.35. The molecule has 0 saturated carbocycles. The van der Waals surface area contributed by atoms with Crippen LogP contribution in [0.15, 0.2) is 40.9 Å². The van der Waals surface area contributed by atoms with Gasteiger partial charge in [-0.1, -0.05) is 56.8 Å². The molecule has 2 aromatic carbocycles. The van der Waals surface area contributed by atoms with Crippen molar-refractivity contribution in [1.82, 2.24) is 0 Å². The van der Waals surface area contributed by atoms with Crippen molar-refractivity contribution < 1.29 is 0 Å². The van der Waals surface area contributed by atoms with Crippen molar-refractivity contribution in [3.05, 3.63) is 67.1 Å². The van der Waals surface area contributed by atoms with Crippen molar-refractivity contribution >= 4 is 50.7 Å². The first-order chi connectivity index (χ1) is 8.97. The third-order valence-corrected chi connectivity index (χ3v) is 4.24. The van der Waals surface area contributed by atoms with Crippen LogP contribution in [0.5, 0.6) is 0 Å². The van der Waals surface area contributed by atoms with Crippen molar-refractivity contribution in [2.75, 3.05) is 0 Å². The Morgan fingerprint density at radius 1 is 1.00 bits per heavy atom. The predicted molar refractivity (Wildman–Crippen MR) is 86.2 cm³/mol. The van der Waals surface area contributed by atoms with Gasteiger partial charge in [0.25, 0.3) is 0 Å². The molecule has 19 heavy (non-hydrogen) atoms. The summed E-state index contributed by atoms with van der Waals surface area (Å²) >= 11 is 21.6. The highest BCUT2D eigenvalue weighted by Gasteiger charge is 2.13. The molecule has 0 radical (unpaired) electrons. The van der Waals surface area contributed by atoms with Crippen LogP contribution in [0.1, 0.15) is 17.2 Å². The molecule has 100 valence electrons. The van der Waals surface area contributed by atoms with Crippen LogP contribution in [0.25, 0.3) is 0 Å². The molecular weight excluding hydrogens is 368 g/mol. The van der Waals surface area contributed by atoms with Gasteiger partial charge < -0.3 is 5.73 Å². The summed E-state index contributed by atoms with van der Waals surface area (Å²) in [5.74, 6) is 0. The van der Waals surface area contributed by atoms with E-state index in [2.05, 4.69) is 15.9 Å². The first-order valence-electron chi connectivity index (χ1n) is 5.62. The predicted octanol–water partition coefficient (Wildman–Crippen LogP) is 5.65. The second-order valence-electron chi connectivity index (χ2n) is 4.21. The molecule has 0 spiro atoms. The summed E-state index contributed by atoms with van der Waals surface area (Å²) in [7, 11) is 0. The molecule has 0 aliphatic heterocycles. The highest BCUT2D eigenvalue weighted by Crippen LogP contribution is 2.30. The molecule has 0 aliphatic rings. The van der Waals surface area contributed by atoms with E-state index in [1.165, 1.54) is 0 Å². The lowest BCUT2D eigenvalue weighted by atomic mass is 9.99. The molecule has 0 fully saturated rings. The average molecular weight is 380 g/mol. The molecule has 0 saturated heterocycles. The Hall–Kier alpha value is -0.250. The fourth-order valence-corrected chi connectivity index (χ4v) is 2.95. The zero-order valence-corrected chi connectivity index (χ0v) is 13.7. The topological polar surface area (TPSA) is 26.0 Å². The molecular formula is C14H11BrCl3N. The number of halogens is 4. The molecule has 5 heteroatoms. The molecule has 0 aliphatic carbocycles. The molecule has 1 atom stereocenters. The van der Waals surface area contributed by atoms with Gasteiger partial charge in [-0.3, -0.25) is 0 Å². The molecule has 0 amide bonds. The van der Waals surface area contributed by atoms with E-state index in [9.17, 15) is 0 Å². The van der Waals surface area contributed by atoms with Gasteiger partial charge in [0.05, 0.1) is 0 Å². The van der Waals surface area contributed by atoms with E-state index in [1.54, 1.807) is 12.1 Å². The summed E-state index contributed by atoms with van der Waals surface area (Å²) in [4.78, 5) is 0. The summed E-state index contributed by atoms with van der Waals surface area (Å²) in [5, 5.41) is 1.89. The zero-order valence-electron chi connectivity index (χ0n) is 9.84. The molecule has 2 rings (SSSR count). The van der Waals surface area contributed by atoms with Crippen LogP contribution < -0.4 is 5.73 Å². The van der Waals surface area contributed by atoms with Crippen LogP contribution >= 0.6 is 50.7 Å². The largest absolute Gasteiger partial charge is 0.324 e. The Kier molecular flexibility index (Phi) is 5.15. The second kappa shape index (κ2) is 6.47. The van der Waals surface area contributed by atoms with Gasteiger partial charge >= 0.3 is 0 Å². The van der Waals surface area contributed by atoms with E-state index < -0.39 is 0 Å². The molecule has 1 unspecified atom stereocenters. The van der Waals surface area contributed by atoms with Crippen LogP contribution in [-0.2, 0) is 6.42 Å². The molecule has 2 N–H and O–H groups in total. The maximum atomic E-state index is 6.21. The summed E-state index contributed by atoms with van der Waals surface area (Å²) < 4.78 is 0.949. The van der Waals surface area contributed by atoms with Gasteiger partial charge in [-0.05, 0) is 47.9 Å². The Labute approximate surface area is 135 Å². The maximum Gasteiger partial charge on any atom is 0.0454 e. The number of hydrogen-bond donors (Lipinski definition) is 1. The van der Waals surface area contributed by atoms with E-state index in [1.807, 2.05) is 24.3 Å². The molecule has 0 bridgehead atoms. The van der Waals surface area contributed by atoms with Crippen molar-refractivity contribution in [1.29, 1.82) is 0 Å². The number of rotatable bonds is 3. The van der Waals surface area contributed by atoms with Gasteiger partial charge in [0, 0.05) is 25.6 Å². The molecule has 0 aromatic heterocycles.